The quantitative estimate of drug-likeness (QED) is 0.201. The third kappa shape index (κ3) is 5.28. The van der Waals surface area contributed by atoms with Gasteiger partial charge in [-0.2, -0.15) is 9.78 Å². The van der Waals surface area contributed by atoms with Gasteiger partial charge in [-0.05, 0) is 60.2 Å². The molecule has 196 valence electrons. The predicted octanol–water partition coefficient (Wildman–Crippen LogP) is 7.14. The SMILES string of the molecule is O=C(Nc1ccc(O)c(-c2cc(C3CCCC3)n(C(=O)NCc3ccccc3)n2)c1)c1cc2ccccc2s1. The molecule has 1 aliphatic rings. The third-order valence-electron chi connectivity index (χ3n) is 7.17. The molecular weight excluding hydrogens is 508 g/mol. The first-order valence-electron chi connectivity index (χ1n) is 13.1. The van der Waals surface area contributed by atoms with E-state index in [0.717, 1.165) is 47.0 Å². The van der Waals surface area contributed by atoms with E-state index in [1.165, 1.54) is 16.0 Å². The van der Waals surface area contributed by atoms with Crippen LogP contribution in [0.4, 0.5) is 10.5 Å². The molecule has 8 heteroatoms. The van der Waals surface area contributed by atoms with Crippen molar-refractivity contribution in [2.45, 2.75) is 38.1 Å². The average molecular weight is 537 g/mol. The van der Waals surface area contributed by atoms with Crippen LogP contribution in [0.25, 0.3) is 21.3 Å². The zero-order valence-corrected chi connectivity index (χ0v) is 22.1. The first-order valence-corrected chi connectivity index (χ1v) is 13.9. The van der Waals surface area contributed by atoms with Gasteiger partial charge in [0.1, 0.15) is 5.75 Å². The molecule has 39 heavy (non-hydrogen) atoms. The largest absolute Gasteiger partial charge is 0.507 e. The molecule has 2 heterocycles. The second-order valence-electron chi connectivity index (χ2n) is 9.83. The lowest BCUT2D eigenvalue weighted by Crippen LogP contribution is -2.30. The Bertz CT molecular complexity index is 1620. The van der Waals surface area contributed by atoms with Crippen molar-refractivity contribution in [2.24, 2.45) is 0 Å². The van der Waals surface area contributed by atoms with Gasteiger partial charge in [0.05, 0.1) is 16.3 Å². The topological polar surface area (TPSA) is 96.2 Å². The first kappa shape index (κ1) is 24.9. The fraction of sp³-hybridized carbons (Fsp3) is 0.194. The maximum absolute atomic E-state index is 13.2. The molecule has 0 aliphatic heterocycles. The number of carbonyl (C=O) groups is 2. The van der Waals surface area contributed by atoms with Crippen LogP contribution in [-0.4, -0.2) is 26.8 Å². The Morgan fingerprint density at radius 3 is 2.51 bits per heavy atom. The van der Waals surface area contributed by atoms with Gasteiger partial charge in [0.15, 0.2) is 0 Å². The van der Waals surface area contributed by atoms with Crippen LogP contribution in [-0.2, 0) is 6.54 Å². The molecular formula is C31H28N4O3S. The second kappa shape index (κ2) is 10.7. The van der Waals surface area contributed by atoms with Crippen molar-refractivity contribution in [3.63, 3.8) is 0 Å². The number of anilines is 1. The van der Waals surface area contributed by atoms with Crippen LogP contribution in [0.3, 0.4) is 0 Å². The maximum atomic E-state index is 13.2. The lowest BCUT2D eigenvalue weighted by atomic mass is 10.0. The normalized spacial score (nSPS) is 13.5. The number of fused-ring (bicyclic) bond motifs is 1. The molecule has 0 unspecified atom stereocenters. The van der Waals surface area contributed by atoms with Gasteiger partial charge in [-0.15, -0.1) is 11.3 Å². The molecule has 7 nitrogen and oxygen atoms in total. The van der Waals surface area contributed by atoms with Gasteiger partial charge in [0, 0.05) is 28.4 Å². The van der Waals surface area contributed by atoms with Crippen molar-refractivity contribution in [3.05, 3.63) is 101 Å². The van der Waals surface area contributed by atoms with E-state index in [-0.39, 0.29) is 23.6 Å². The van der Waals surface area contributed by atoms with Gasteiger partial charge in [0.25, 0.3) is 5.91 Å². The van der Waals surface area contributed by atoms with Crippen molar-refractivity contribution < 1.29 is 14.7 Å². The Labute approximate surface area is 230 Å². The monoisotopic (exact) mass is 536 g/mol. The molecule has 2 amide bonds. The van der Waals surface area contributed by atoms with Gasteiger partial charge >= 0.3 is 6.03 Å². The highest BCUT2D eigenvalue weighted by atomic mass is 32.1. The number of carbonyl (C=O) groups excluding carboxylic acids is 2. The van der Waals surface area contributed by atoms with Gasteiger partial charge in [-0.25, -0.2) is 4.79 Å². The summed E-state index contributed by atoms with van der Waals surface area (Å²) in [5, 5.41) is 22.3. The minimum absolute atomic E-state index is 0.0298. The Hall–Kier alpha value is -4.43. The number of aromatic nitrogens is 2. The summed E-state index contributed by atoms with van der Waals surface area (Å²) < 4.78 is 2.49. The fourth-order valence-electron chi connectivity index (χ4n) is 5.16. The second-order valence-corrected chi connectivity index (χ2v) is 10.9. The summed E-state index contributed by atoms with van der Waals surface area (Å²) in [6.07, 6.45) is 4.21. The molecule has 0 saturated heterocycles. The molecule has 0 bridgehead atoms. The number of rotatable bonds is 6. The highest BCUT2D eigenvalue weighted by Crippen LogP contribution is 2.38. The minimum Gasteiger partial charge on any atom is -0.507 e. The zero-order valence-electron chi connectivity index (χ0n) is 21.3. The fourth-order valence-corrected chi connectivity index (χ4v) is 6.11. The van der Waals surface area contributed by atoms with Crippen LogP contribution in [0.2, 0.25) is 0 Å². The van der Waals surface area contributed by atoms with E-state index in [0.29, 0.717) is 28.4 Å². The number of benzene rings is 3. The Morgan fingerprint density at radius 1 is 0.949 bits per heavy atom. The summed E-state index contributed by atoms with van der Waals surface area (Å²) in [5.41, 5.74) is 3.32. The zero-order chi connectivity index (χ0) is 26.8. The molecule has 1 saturated carbocycles. The van der Waals surface area contributed by atoms with Crippen molar-refractivity contribution in [1.82, 2.24) is 15.1 Å². The van der Waals surface area contributed by atoms with Crippen molar-refractivity contribution in [1.29, 1.82) is 0 Å². The number of thiophene rings is 1. The number of aromatic hydroxyl groups is 1. The number of nitrogens with zero attached hydrogens (tertiary/aromatic N) is 2. The van der Waals surface area contributed by atoms with Crippen LogP contribution in [0.15, 0.2) is 84.9 Å². The molecule has 0 spiro atoms. The van der Waals surface area contributed by atoms with Crippen LogP contribution < -0.4 is 10.6 Å². The Kier molecular flexibility index (Phi) is 6.85. The van der Waals surface area contributed by atoms with Crippen molar-refractivity contribution in [2.75, 3.05) is 5.32 Å². The molecule has 3 aromatic carbocycles. The van der Waals surface area contributed by atoms with E-state index in [1.54, 1.807) is 18.2 Å². The highest BCUT2D eigenvalue weighted by molar-refractivity contribution is 7.20. The number of phenolic OH excluding ortho intramolecular Hbond substituents is 1. The maximum Gasteiger partial charge on any atom is 0.342 e. The Morgan fingerprint density at radius 2 is 1.72 bits per heavy atom. The van der Waals surface area contributed by atoms with Crippen LogP contribution in [0.5, 0.6) is 5.75 Å². The standard InChI is InChI=1S/C31H28N4O3S/c36-27-15-14-23(33-30(37)29-16-22-12-6-7-13-28(22)39-29)17-24(27)25-18-26(21-10-4-5-11-21)35(34-25)31(38)32-19-20-8-2-1-3-9-20/h1-3,6-9,12-18,21,36H,4-5,10-11,19H2,(H,32,38)(H,33,37). The lowest BCUT2D eigenvalue weighted by Gasteiger charge is -2.12. The highest BCUT2D eigenvalue weighted by Gasteiger charge is 2.26. The van der Waals surface area contributed by atoms with E-state index in [4.69, 9.17) is 0 Å². The third-order valence-corrected chi connectivity index (χ3v) is 8.28. The molecule has 0 radical (unpaired) electrons. The predicted molar refractivity (Wildman–Crippen MR) is 154 cm³/mol. The van der Waals surface area contributed by atoms with Gasteiger partial charge in [-0.1, -0.05) is 61.4 Å². The summed E-state index contributed by atoms with van der Waals surface area (Å²) in [6.45, 7) is 0.392. The summed E-state index contributed by atoms with van der Waals surface area (Å²) in [7, 11) is 0. The lowest BCUT2D eigenvalue weighted by molar-refractivity contribution is 0.103. The van der Waals surface area contributed by atoms with Crippen molar-refractivity contribution >= 4 is 39.0 Å². The van der Waals surface area contributed by atoms with E-state index < -0.39 is 0 Å². The molecule has 2 aromatic heterocycles. The van der Waals surface area contributed by atoms with Crippen molar-refractivity contribution in [3.8, 4) is 17.0 Å². The van der Waals surface area contributed by atoms with E-state index in [9.17, 15) is 14.7 Å². The summed E-state index contributed by atoms with van der Waals surface area (Å²) in [5.74, 6) is 0.0409. The molecule has 0 atom stereocenters. The number of hydrogen-bond donors (Lipinski definition) is 3. The molecule has 3 N–H and O–H groups in total. The van der Waals surface area contributed by atoms with Crippen LogP contribution in [0, 0.1) is 0 Å². The summed E-state index contributed by atoms with van der Waals surface area (Å²) in [4.78, 5) is 26.8. The first-order chi connectivity index (χ1) is 19.0. The van der Waals surface area contributed by atoms with Gasteiger partial charge < -0.3 is 15.7 Å². The molecule has 6 rings (SSSR count). The van der Waals surface area contributed by atoms with E-state index in [1.807, 2.05) is 66.7 Å². The average Bonchev–Trinajstić information content (AvgIpc) is 3.73. The number of nitrogens with one attached hydrogen (secondary N) is 2. The molecule has 1 aliphatic carbocycles. The van der Waals surface area contributed by atoms with Gasteiger partial charge in [0.2, 0.25) is 0 Å². The minimum atomic E-state index is -0.305. The summed E-state index contributed by atoms with van der Waals surface area (Å²) in [6, 6.07) is 26.0. The summed E-state index contributed by atoms with van der Waals surface area (Å²) >= 11 is 1.43. The van der Waals surface area contributed by atoms with Crippen LogP contribution in [0.1, 0.15) is 52.5 Å². The Balaban J connectivity index is 1.27. The smallest absolute Gasteiger partial charge is 0.342 e. The molecule has 1 fully saturated rings. The number of phenols is 1. The van der Waals surface area contributed by atoms with E-state index >= 15 is 0 Å². The number of hydrogen-bond acceptors (Lipinski definition) is 5. The van der Waals surface area contributed by atoms with E-state index in [2.05, 4.69) is 15.7 Å². The number of amides is 2. The van der Waals surface area contributed by atoms with Gasteiger partial charge in [-0.3, -0.25) is 4.79 Å². The molecule has 5 aromatic rings. The van der Waals surface area contributed by atoms with Crippen LogP contribution >= 0.6 is 11.3 Å².